The lowest BCUT2D eigenvalue weighted by Crippen LogP contribution is -2.36. The van der Waals surface area contributed by atoms with E-state index in [4.69, 9.17) is 21.3 Å². The lowest BCUT2D eigenvalue weighted by molar-refractivity contribution is 0.0931. The second-order valence-corrected chi connectivity index (χ2v) is 6.26. The number of carbonyl (C=O) groups is 1. The Bertz CT molecular complexity index is 972. The van der Waals surface area contributed by atoms with Gasteiger partial charge in [-0.3, -0.25) is 9.48 Å². The van der Waals surface area contributed by atoms with Crippen LogP contribution in [0.15, 0.2) is 41.5 Å². The molecule has 26 heavy (non-hydrogen) atoms. The minimum absolute atomic E-state index is 0.155. The molecule has 0 saturated heterocycles. The molecule has 0 bridgehead atoms. The summed E-state index contributed by atoms with van der Waals surface area (Å²) in [5, 5.41) is 16.9. The zero-order valence-corrected chi connectivity index (χ0v) is 15.0. The van der Waals surface area contributed by atoms with Gasteiger partial charge < -0.3 is 9.73 Å². The van der Waals surface area contributed by atoms with E-state index in [1.807, 2.05) is 32.2 Å². The van der Waals surface area contributed by atoms with E-state index >= 15 is 0 Å². The number of nitriles is 1. The van der Waals surface area contributed by atoms with Crippen molar-refractivity contribution in [2.45, 2.75) is 26.4 Å². The molecule has 1 aromatic carbocycles. The molecule has 2 heterocycles. The Morgan fingerprint density at radius 1 is 1.46 bits per heavy atom. The summed E-state index contributed by atoms with van der Waals surface area (Å²) in [6.45, 7) is 4.23. The molecule has 0 fully saturated rings. The van der Waals surface area contributed by atoms with Crippen LogP contribution < -0.4 is 5.32 Å². The van der Waals surface area contributed by atoms with E-state index in [2.05, 4.69) is 21.5 Å². The lowest BCUT2D eigenvalue weighted by atomic mass is 10.0. The molecule has 0 aliphatic rings. The van der Waals surface area contributed by atoms with E-state index in [1.54, 1.807) is 10.7 Å². The molecule has 1 N–H and O–H groups in total. The van der Waals surface area contributed by atoms with Gasteiger partial charge >= 0.3 is 0 Å². The van der Waals surface area contributed by atoms with E-state index < -0.39 is 0 Å². The molecule has 0 radical (unpaired) electrons. The van der Waals surface area contributed by atoms with Crippen molar-refractivity contribution >= 4 is 17.5 Å². The number of hydrogen-bond donors (Lipinski definition) is 1. The van der Waals surface area contributed by atoms with Gasteiger partial charge in [0.1, 0.15) is 12.3 Å². The van der Waals surface area contributed by atoms with Crippen molar-refractivity contribution in [2.24, 2.45) is 0 Å². The maximum absolute atomic E-state index is 12.0. The number of nitrogens with one attached hydrogen (secondary N) is 1. The zero-order chi connectivity index (χ0) is 18.7. The van der Waals surface area contributed by atoms with Gasteiger partial charge in [0.05, 0.1) is 22.8 Å². The third-order valence-electron chi connectivity index (χ3n) is 3.93. The normalized spacial score (nSPS) is 11.8. The molecule has 0 aliphatic carbocycles. The van der Waals surface area contributed by atoms with E-state index in [-0.39, 0.29) is 17.6 Å². The number of oxazole rings is 1. The number of nitrogens with zero attached hydrogens (tertiary/aromatic N) is 4. The van der Waals surface area contributed by atoms with Crippen molar-refractivity contribution < 1.29 is 9.21 Å². The number of amides is 1. The van der Waals surface area contributed by atoms with Crippen molar-refractivity contribution in [1.82, 2.24) is 20.1 Å². The average molecular weight is 370 g/mol. The standard InChI is InChI=1S/C18H16ClN5O2/c1-11(22-18(25)16-9-26-10-21-16)8-24-6-5-15(23-24)14-4-3-13(7-20)17(19)12(14)2/h3-6,9-11H,8H2,1-2H3,(H,22,25)/t11-/m0/s1. The van der Waals surface area contributed by atoms with Gasteiger partial charge in [0, 0.05) is 17.8 Å². The Morgan fingerprint density at radius 2 is 2.27 bits per heavy atom. The van der Waals surface area contributed by atoms with E-state index in [0.29, 0.717) is 17.1 Å². The molecule has 0 unspecified atom stereocenters. The van der Waals surface area contributed by atoms with Crippen molar-refractivity contribution in [2.75, 3.05) is 0 Å². The van der Waals surface area contributed by atoms with Gasteiger partial charge in [0.2, 0.25) is 0 Å². The van der Waals surface area contributed by atoms with Crippen molar-refractivity contribution in [3.63, 3.8) is 0 Å². The first-order valence-corrected chi connectivity index (χ1v) is 8.29. The Labute approximate surface area is 155 Å². The monoisotopic (exact) mass is 369 g/mol. The van der Waals surface area contributed by atoms with Crippen LogP contribution in [0.4, 0.5) is 0 Å². The fourth-order valence-corrected chi connectivity index (χ4v) is 2.81. The molecule has 0 spiro atoms. The highest BCUT2D eigenvalue weighted by Crippen LogP contribution is 2.29. The number of rotatable bonds is 5. The molecule has 1 atom stereocenters. The van der Waals surface area contributed by atoms with E-state index in [9.17, 15) is 4.79 Å². The van der Waals surface area contributed by atoms with Gasteiger partial charge in [0.15, 0.2) is 12.1 Å². The van der Waals surface area contributed by atoms with Gasteiger partial charge in [0.25, 0.3) is 5.91 Å². The van der Waals surface area contributed by atoms with Crippen molar-refractivity contribution in [1.29, 1.82) is 5.26 Å². The largest absolute Gasteiger partial charge is 0.451 e. The highest BCUT2D eigenvalue weighted by Gasteiger charge is 2.15. The summed E-state index contributed by atoms with van der Waals surface area (Å²) in [5.74, 6) is -0.298. The minimum atomic E-state index is -0.298. The smallest absolute Gasteiger partial charge is 0.273 e. The highest BCUT2D eigenvalue weighted by molar-refractivity contribution is 6.32. The molecule has 7 nitrogen and oxygen atoms in total. The predicted molar refractivity (Wildman–Crippen MR) is 95.6 cm³/mol. The van der Waals surface area contributed by atoms with Crippen LogP contribution in [0.2, 0.25) is 5.02 Å². The molecule has 3 aromatic rings. The molecular weight excluding hydrogens is 354 g/mol. The summed E-state index contributed by atoms with van der Waals surface area (Å²) in [7, 11) is 0. The number of hydrogen-bond acceptors (Lipinski definition) is 5. The molecule has 0 aliphatic heterocycles. The second-order valence-electron chi connectivity index (χ2n) is 5.88. The second kappa shape index (κ2) is 7.42. The Balaban J connectivity index is 1.71. The van der Waals surface area contributed by atoms with Crippen LogP contribution in [0.25, 0.3) is 11.3 Å². The van der Waals surface area contributed by atoms with Gasteiger partial charge in [-0.25, -0.2) is 4.98 Å². The third kappa shape index (κ3) is 3.60. The first-order chi connectivity index (χ1) is 12.5. The lowest BCUT2D eigenvalue weighted by Gasteiger charge is -2.13. The molecule has 0 saturated carbocycles. The number of halogens is 1. The topological polar surface area (TPSA) is 96.7 Å². The first kappa shape index (κ1) is 17.7. The van der Waals surface area contributed by atoms with Gasteiger partial charge in [-0.05, 0) is 31.5 Å². The SMILES string of the molecule is Cc1c(-c2ccn(C[C@H](C)NC(=O)c3cocn3)n2)ccc(C#N)c1Cl. The quantitative estimate of drug-likeness (QED) is 0.744. The number of carbonyl (C=O) groups excluding carboxylic acids is 1. The van der Waals surface area contributed by atoms with Crippen LogP contribution in [-0.2, 0) is 6.54 Å². The molecular formula is C18H16ClN5O2. The zero-order valence-electron chi connectivity index (χ0n) is 14.2. The minimum Gasteiger partial charge on any atom is -0.451 e. The van der Waals surface area contributed by atoms with Crippen LogP contribution in [0, 0.1) is 18.3 Å². The fraction of sp³-hybridized carbons (Fsp3) is 0.222. The molecule has 132 valence electrons. The van der Waals surface area contributed by atoms with Crippen LogP contribution >= 0.6 is 11.6 Å². The summed E-state index contributed by atoms with van der Waals surface area (Å²) in [6.07, 6.45) is 4.34. The number of benzene rings is 1. The van der Waals surface area contributed by atoms with Crippen LogP contribution in [0.5, 0.6) is 0 Å². The van der Waals surface area contributed by atoms with Gasteiger partial charge in [-0.2, -0.15) is 10.4 Å². The summed E-state index contributed by atoms with van der Waals surface area (Å²) >= 11 is 6.23. The first-order valence-electron chi connectivity index (χ1n) is 7.91. The van der Waals surface area contributed by atoms with Crippen LogP contribution in [-0.4, -0.2) is 26.7 Å². The summed E-state index contributed by atoms with van der Waals surface area (Å²) in [6, 6.07) is 7.30. The average Bonchev–Trinajstić information content (AvgIpc) is 3.29. The summed E-state index contributed by atoms with van der Waals surface area (Å²) in [5.41, 5.74) is 3.11. The summed E-state index contributed by atoms with van der Waals surface area (Å²) in [4.78, 5) is 15.8. The molecule has 3 rings (SSSR count). The van der Waals surface area contributed by atoms with Gasteiger partial charge in [-0.15, -0.1) is 0 Å². The maximum atomic E-state index is 12.0. The predicted octanol–water partition coefficient (Wildman–Crippen LogP) is 3.19. The number of aromatic nitrogens is 3. The summed E-state index contributed by atoms with van der Waals surface area (Å²) < 4.78 is 6.55. The van der Waals surface area contributed by atoms with Gasteiger partial charge in [-0.1, -0.05) is 17.7 Å². The van der Waals surface area contributed by atoms with E-state index in [1.165, 1.54) is 12.7 Å². The fourth-order valence-electron chi connectivity index (χ4n) is 2.60. The van der Waals surface area contributed by atoms with Crippen molar-refractivity contribution in [3.8, 4) is 17.3 Å². The van der Waals surface area contributed by atoms with Crippen LogP contribution in [0.3, 0.4) is 0 Å². The molecule has 1 amide bonds. The highest BCUT2D eigenvalue weighted by atomic mass is 35.5. The molecule has 2 aromatic heterocycles. The Kier molecular flexibility index (Phi) is 5.05. The molecule has 8 heteroatoms. The Morgan fingerprint density at radius 3 is 2.96 bits per heavy atom. The third-order valence-corrected chi connectivity index (χ3v) is 4.41. The van der Waals surface area contributed by atoms with Crippen LogP contribution in [0.1, 0.15) is 28.5 Å². The maximum Gasteiger partial charge on any atom is 0.273 e. The Hall–Kier alpha value is -3.11. The van der Waals surface area contributed by atoms with E-state index in [0.717, 1.165) is 16.8 Å². The van der Waals surface area contributed by atoms with Crippen molar-refractivity contribution in [3.05, 3.63) is 58.9 Å².